The smallest absolute Gasteiger partial charge is 0.232 e. The van der Waals surface area contributed by atoms with Crippen molar-refractivity contribution in [1.82, 2.24) is 14.9 Å². The lowest BCUT2D eigenvalue weighted by Crippen LogP contribution is -2.43. The van der Waals surface area contributed by atoms with Crippen LogP contribution in [0.2, 0.25) is 0 Å². The van der Waals surface area contributed by atoms with Gasteiger partial charge in [0, 0.05) is 24.9 Å². The Balaban J connectivity index is 1.44. The summed E-state index contributed by atoms with van der Waals surface area (Å²) >= 11 is 0. The second-order valence-electron chi connectivity index (χ2n) is 6.98. The molecule has 1 aromatic heterocycles. The van der Waals surface area contributed by atoms with Crippen LogP contribution in [0.1, 0.15) is 25.7 Å². The Bertz CT molecular complexity index is 888. The summed E-state index contributed by atoms with van der Waals surface area (Å²) < 4.78 is 1.96. The van der Waals surface area contributed by atoms with Gasteiger partial charge in [0.1, 0.15) is 0 Å². The Kier molecular flexibility index (Phi) is 3.72. The van der Waals surface area contributed by atoms with E-state index in [9.17, 15) is 9.59 Å². The number of para-hydroxylation sites is 2. The van der Waals surface area contributed by atoms with Gasteiger partial charge in [-0.3, -0.25) is 14.9 Å². The Hall–Kier alpha value is -2.81. The number of amides is 2. The van der Waals surface area contributed by atoms with Gasteiger partial charge in [0.2, 0.25) is 17.8 Å². The first-order chi connectivity index (χ1) is 12.1. The zero-order valence-corrected chi connectivity index (χ0v) is 13.9. The molecular weight excluding hydrogens is 316 g/mol. The predicted molar refractivity (Wildman–Crippen MR) is 94.6 cm³/mol. The van der Waals surface area contributed by atoms with E-state index in [0.717, 1.165) is 30.3 Å². The average Bonchev–Trinajstić information content (AvgIpc) is 2.92. The minimum atomic E-state index is -0.409. The topological polar surface area (TPSA) is 76.0 Å². The van der Waals surface area contributed by atoms with Gasteiger partial charge in [-0.15, -0.1) is 6.42 Å². The quantitative estimate of drug-likeness (QED) is 0.838. The minimum absolute atomic E-state index is 0.130. The maximum atomic E-state index is 12.3. The fourth-order valence-electron chi connectivity index (χ4n) is 3.57. The molecule has 6 heteroatoms. The third kappa shape index (κ3) is 2.76. The monoisotopic (exact) mass is 336 g/mol. The van der Waals surface area contributed by atoms with Crippen LogP contribution in [0.15, 0.2) is 24.3 Å². The van der Waals surface area contributed by atoms with E-state index in [1.54, 1.807) is 0 Å². The van der Waals surface area contributed by atoms with Crippen molar-refractivity contribution in [2.75, 3.05) is 11.9 Å². The van der Waals surface area contributed by atoms with E-state index in [0.29, 0.717) is 19.0 Å². The molecule has 2 aromatic rings. The van der Waals surface area contributed by atoms with Crippen molar-refractivity contribution in [3.05, 3.63) is 24.3 Å². The molecule has 6 nitrogen and oxygen atoms in total. The lowest BCUT2D eigenvalue weighted by atomic mass is 9.69. The Morgan fingerprint density at radius 3 is 2.96 bits per heavy atom. The second-order valence-corrected chi connectivity index (χ2v) is 6.98. The number of benzene rings is 1. The third-order valence-electron chi connectivity index (χ3n) is 5.34. The van der Waals surface area contributed by atoms with Gasteiger partial charge in [-0.2, -0.15) is 0 Å². The van der Waals surface area contributed by atoms with E-state index in [-0.39, 0.29) is 23.7 Å². The molecule has 1 aromatic carbocycles. The summed E-state index contributed by atoms with van der Waals surface area (Å²) in [5.74, 6) is 2.65. The molecule has 0 saturated heterocycles. The van der Waals surface area contributed by atoms with Crippen LogP contribution in [-0.2, 0) is 16.1 Å². The van der Waals surface area contributed by atoms with Crippen molar-refractivity contribution in [3.63, 3.8) is 0 Å². The number of carbonyl (C=O) groups excluding carboxylic acids is 2. The van der Waals surface area contributed by atoms with E-state index in [1.807, 2.05) is 28.8 Å². The first kappa shape index (κ1) is 15.7. The molecule has 2 heterocycles. The van der Waals surface area contributed by atoms with Gasteiger partial charge in [0.15, 0.2) is 0 Å². The largest absolute Gasteiger partial charge is 0.355 e. The number of terminal acetylenes is 1. The first-order valence-electron chi connectivity index (χ1n) is 8.61. The standard InChI is InChI=1S/C19H20N4O2/c1-2-19(8-5-9-19)12-20-16(24)10-13-11-23-15-7-4-3-6-14(15)21-18(23)22-17(13)25/h1,3-4,6-7,13H,5,8-12H2,(H,20,24)(H,21,22,25). The zero-order chi connectivity index (χ0) is 17.4. The Morgan fingerprint density at radius 1 is 1.44 bits per heavy atom. The number of anilines is 1. The predicted octanol–water partition coefficient (Wildman–Crippen LogP) is 1.91. The number of hydrogen-bond acceptors (Lipinski definition) is 3. The number of carbonyl (C=O) groups is 2. The van der Waals surface area contributed by atoms with Crippen molar-refractivity contribution in [2.45, 2.75) is 32.2 Å². The number of nitrogens with zero attached hydrogens (tertiary/aromatic N) is 2. The van der Waals surface area contributed by atoms with Gasteiger partial charge < -0.3 is 9.88 Å². The van der Waals surface area contributed by atoms with Gasteiger partial charge in [-0.25, -0.2) is 4.98 Å². The number of hydrogen-bond donors (Lipinski definition) is 2. The van der Waals surface area contributed by atoms with Gasteiger partial charge in [-0.1, -0.05) is 24.5 Å². The van der Waals surface area contributed by atoms with Crippen LogP contribution in [-0.4, -0.2) is 27.9 Å². The maximum Gasteiger partial charge on any atom is 0.232 e. The van der Waals surface area contributed by atoms with Crippen molar-refractivity contribution < 1.29 is 9.59 Å². The van der Waals surface area contributed by atoms with Crippen molar-refractivity contribution in [1.29, 1.82) is 0 Å². The number of nitrogens with one attached hydrogen (secondary N) is 2. The van der Waals surface area contributed by atoms with E-state index in [4.69, 9.17) is 6.42 Å². The lowest BCUT2D eigenvalue weighted by Gasteiger charge is -2.37. The number of rotatable bonds is 4. The number of fused-ring (bicyclic) bond motifs is 3. The van der Waals surface area contributed by atoms with E-state index in [2.05, 4.69) is 21.5 Å². The summed E-state index contributed by atoms with van der Waals surface area (Å²) in [7, 11) is 0. The molecule has 1 saturated carbocycles. The van der Waals surface area contributed by atoms with Crippen LogP contribution < -0.4 is 10.6 Å². The third-order valence-corrected chi connectivity index (χ3v) is 5.34. The molecule has 2 amide bonds. The minimum Gasteiger partial charge on any atom is -0.355 e. The van der Waals surface area contributed by atoms with Gasteiger partial charge in [0.05, 0.1) is 17.0 Å². The van der Waals surface area contributed by atoms with Crippen LogP contribution in [0, 0.1) is 23.7 Å². The number of aromatic nitrogens is 2. The Labute approximate surface area is 146 Å². The first-order valence-corrected chi connectivity index (χ1v) is 8.61. The maximum absolute atomic E-state index is 12.3. The van der Waals surface area contributed by atoms with Gasteiger partial charge in [-0.05, 0) is 25.0 Å². The van der Waals surface area contributed by atoms with Gasteiger partial charge in [0.25, 0.3) is 0 Å². The summed E-state index contributed by atoms with van der Waals surface area (Å²) in [6.07, 6.45) is 8.76. The van der Waals surface area contributed by atoms with Crippen LogP contribution in [0.25, 0.3) is 11.0 Å². The molecule has 2 aliphatic rings. The van der Waals surface area contributed by atoms with E-state index >= 15 is 0 Å². The fraction of sp³-hybridized carbons (Fsp3) is 0.421. The molecular formula is C19H20N4O2. The van der Waals surface area contributed by atoms with Crippen LogP contribution in [0.4, 0.5) is 5.95 Å². The molecule has 1 aliphatic carbocycles. The summed E-state index contributed by atoms with van der Waals surface area (Å²) in [6, 6.07) is 7.73. The molecule has 0 spiro atoms. The van der Waals surface area contributed by atoms with Crippen molar-refractivity contribution >= 4 is 28.8 Å². The van der Waals surface area contributed by atoms with E-state index in [1.165, 1.54) is 0 Å². The molecule has 1 fully saturated rings. The van der Waals surface area contributed by atoms with E-state index < -0.39 is 5.92 Å². The highest BCUT2D eigenvalue weighted by atomic mass is 16.2. The lowest BCUT2D eigenvalue weighted by molar-refractivity contribution is -0.128. The highest BCUT2D eigenvalue weighted by molar-refractivity contribution is 5.97. The molecule has 0 radical (unpaired) electrons. The zero-order valence-electron chi connectivity index (χ0n) is 13.9. The summed E-state index contributed by atoms with van der Waals surface area (Å²) in [4.78, 5) is 29.0. The van der Waals surface area contributed by atoms with Crippen LogP contribution in [0.5, 0.6) is 0 Å². The molecule has 4 rings (SSSR count). The van der Waals surface area contributed by atoms with Crippen LogP contribution >= 0.6 is 0 Å². The van der Waals surface area contributed by atoms with Gasteiger partial charge >= 0.3 is 0 Å². The SMILES string of the molecule is C#CC1(CNC(=O)CC2Cn3c(nc4ccccc43)NC2=O)CCC1. The molecule has 25 heavy (non-hydrogen) atoms. The molecule has 1 atom stereocenters. The normalized spacial score (nSPS) is 20.9. The van der Waals surface area contributed by atoms with Crippen LogP contribution in [0.3, 0.4) is 0 Å². The number of imidazole rings is 1. The summed E-state index contributed by atoms with van der Waals surface area (Å²) in [5.41, 5.74) is 1.62. The Morgan fingerprint density at radius 2 is 2.24 bits per heavy atom. The summed E-state index contributed by atoms with van der Waals surface area (Å²) in [6.45, 7) is 0.950. The highest BCUT2D eigenvalue weighted by Gasteiger charge is 2.36. The fourth-order valence-corrected chi connectivity index (χ4v) is 3.57. The second kappa shape index (κ2) is 5.92. The average molecular weight is 336 g/mol. The van der Waals surface area contributed by atoms with Crippen molar-refractivity contribution in [3.8, 4) is 12.3 Å². The molecule has 0 bridgehead atoms. The molecule has 1 unspecified atom stereocenters. The molecule has 128 valence electrons. The molecule has 2 N–H and O–H groups in total. The highest BCUT2D eigenvalue weighted by Crippen LogP contribution is 2.39. The molecule has 1 aliphatic heterocycles. The van der Waals surface area contributed by atoms with Crippen molar-refractivity contribution in [2.24, 2.45) is 11.3 Å². The summed E-state index contributed by atoms with van der Waals surface area (Å²) in [5, 5.41) is 5.72.